The Kier molecular flexibility index (Phi) is 5.51. The Morgan fingerprint density at radius 2 is 1.84 bits per heavy atom. The first kappa shape index (κ1) is 19.0. The second-order valence-corrected chi connectivity index (χ2v) is 7.63. The number of rotatable bonds is 5. The standard InChI is InChI=1S/C21H26O4/c1-13-8-7-9-17-18(13)14(2)16(10-11-21(4,5)6)20(25-15(3)23)19(17)24-12-22/h7-9,12H,10-11H2,1-6H3. The van der Waals surface area contributed by atoms with E-state index in [0.29, 0.717) is 18.0 Å². The van der Waals surface area contributed by atoms with Gasteiger partial charge in [-0.1, -0.05) is 39.0 Å². The van der Waals surface area contributed by atoms with Crippen LogP contribution in [0.2, 0.25) is 0 Å². The van der Waals surface area contributed by atoms with Crippen LogP contribution < -0.4 is 9.47 Å². The van der Waals surface area contributed by atoms with Gasteiger partial charge in [0.1, 0.15) is 0 Å². The van der Waals surface area contributed by atoms with E-state index in [1.165, 1.54) is 6.92 Å². The van der Waals surface area contributed by atoms with Crippen LogP contribution in [-0.4, -0.2) is 12.4 Å². The van der Waals surface area contributed by atoms with Gasteiger partial charge in [0.25, 0.3) is 6.47 Å². The normalized spacial score (nSPS) is 11.4. The van der Waals surface area contributed by atoms with Crippen LogP contribution in [0.1, 0.15) is 50.8 Å². The molecule has 0 spiro atoms. The minimum Gasteiger partial charge on any atom is -0.424 e. The van der Waals surface area contributed by atoms with Gasteiger partial charge in [0.05, 0.1) is 0 Å². The summed E-state index contributed by atoms with van der Waals surface area (Å²) in [6.07, 6.45) is 1.65. The summed E-state index contributed by atoms with van der Waals surface area (Å²) in [5.41, 5.74) is 3.21. The van der Waals surface area contributed by atoms with Crippen molar-refractivity contribution in [2.24, 2.45) is 5.41 Å². The Morgan fingerprint density at radius 3 is 2.40 bits per heavy atom. The van der Waals surface area contributed by atoms with Gasteiger partial charge in [0.15, 0.2) is 11.5 Å². The van der Waals surface area contributed by atoms with Crippen molar-refractivity contribution in [2.45, 2.75) is 54.4 Å². The lowest BCUT2D eigenvalue weighted by Crippen LogP contribution is -2.12. The van der Waals surface area contributed by atoms with Gasteiger partial charge in [-0.15, -0.1) is 0 Å². The summed E-state index contributed by atoms with van der Waals surface area (Å²) >= 11 is 0. The van der Waals surface area contributed by atoms with E-state index in [1.807, 2.05) is 32.0 Å². The molecule has 0 bridgehead atoms. The highest BCUT2D eigenvalue weighted by molar-refractivity contribution is 5.98. The summed E-state index contributed by atoms with van der Waals surface area (Å²) in [4.78, 5) is 22.8. The second kappa shape index (κ2) is 7.26. The number of aryl methyl sites for hydroxylation is 2. The molecule has 2 aromatic carbocycles. The van der Waals surface area contributed by atoms with E-state index in [9.17, 15) is 9.59 Å². The number of carbonyl (C=O) groups is 2. The summed E-state index contributed by atoms with van der Waals surface area (Å²) < 4.78 is 10.8. The predicted octanol–water partition coefficient (Wildman–Crippen LogP) is 4.90. The van der Waals surface area contributed by atoms with Crippen molar-refractivity contribution < 1.29 is 19.1 Å². The highest BCUT2D eigenvalue weighted by atomic mass is 16.6. The predicted molar refractivity (Wildman–Crippen MR) is 99.2 cm³/mol. The van der Waals surface area contributed by atoms with Crippen LogP contribution in [0.4, 0.5) is 0 Å². The SMILES string of the molecule is CC(=O)Oc1c(CCC(C)(C)C)c(C)c2c(C)cccc2c1OC=O. The lowest BCUT2D eigenvalue weighted by molar-refractivity contribution is -0.132. The van der Waals surface area contributed by atoms with Crippen molar-refractivity contribution in [3.05, 3.63) is 34.9 Å². The molecular formula is C21H26O4. The number of hydrogen-bond donors (Lipinski definition) is 0. The molecule has 0 N–H and O–H groups in total. The van der Waals surface area contributed by atoms with Crippen molar-refractivity contribution in [3.63, 3.8) is 0 Å². The molecule has 0 fully saturated rings. The van der Waals surface area contributed by atoms with Gasteiger partial charge < -0.3 is 9.47 Å². The molecule has 4 nitrogen and oxygen atoms in total. The van der Waals surface area contributed by atoms with Crippen LogP contribution in [0.15, 0.2) is 18.2 Å². The number of carbonyl (C=O) groups excluding carboxylic acids is 2. The molecule has 0 unspecified atom stereocenters. The van der Waals surface area contributed by atoms with Gasteiger partial charge in [-0.2, -0.15) is 0 Å². The molecule has 2 aromatic rings. The van der Waals surface area contributed by atoms with E-state index in [-0.39, 0.29) is 5.41 Å². The second-order valence-electron chi connectivity index (χ2n) is 7.63. The minimum atomic E-state index is -0.431. The quantitative estimate of drug-likeness (QED) is 0.441. The summed E-state index contributed by atoms with van der Waals surface area (Å²) in [6, 6.07) is 5.81. The largest absolute Gasteiger partial charge is 0.424 e. The molecular weight excluding hydrogens is 316 g/mol. The summed E-state index contributed by atoms with van der Waals surface area (Å²) in [5.74, 6) is 0.247. The lowest BCUT2D eigenvalue weighted by Gasteiger charge is -2.23. The molecule has 0 saturated carbocycles. The fourth-order valence-corrected chi connectivity index (χ4v) is 3.15. The third-order valence-corrected chi connectivity index (χ3v) is 4.36. The number of fused-ring (bicyclic) bond motifs is 1. The van der Waals surface area contributed by atoms with Gasteiger partial charge in [-0.3, -0.25) is 9.59 Å². The topological polar surface area (TPSA) is 52.6 Å². The number of hydrogen-bond acceptors (Lipinski definition) is 4. The summed E-state index contributed by atoms with van der Waals surface area (Å²) in [5, 5.41) is 1.82. The van der Waals surface area contributed by atoms with Crippen LogP contribution in [0.5, 0.6) is 11.5 Å². The zero-order chi connectivity index (χ0) is 18.8. The third-order valence-electron chi connectivity index (χ3n) is 4.36. The van der Waals surface area contributed by atoms with Crippen LogP contribution in [0.3, 0.4) is 0 Å². The van der Waals surface area contributed by atoms with Crippen molar-refractivity contribution in [1.29, 1.82) is 0 Å². The van der Waals surface area contributed by atoms with Crippen molar-refractivity contribution in [3.8, 4) is 11.5 Å². The maximum Gasteiger partial charge on any atom is 0.308 e. The van der Waals surface area contributed by atoms with Gasteiger partial charge in [0.2, 0.25) is 0 Å². The highest BCUT2D eigenvalue weighted by Crippen LogP contribution is 2.44. The van der Waals surface area contributed by atoms with E-state index in [2.05, 4.69) is 20.8 Å². The van der Waals surface area contributed by atoms with Crippen LogP contribution in [0.25, 0.3) is 10.8 Å². The van der Waals surface area contributed by atoms with E-state index >= 15 is 0 Å². The molecule has 4 heteroatoms. The molecule has 0 aliphatic rings. The van der Waals surface area contributed by atoms with E-state index in [4.69, 9.17) is 9.47 Å². The van der Waals surface area contributed by atoms with Crippen molar-refractivity contribution in [2.75, 3.05) is 0 Å². The monoisotopic (exact) mass is 342 g/mol. The number of benzene rings is 2. The van der Waals surface area contributed by atoms with Crippen molar-refractivity contribution in [1.82, 2.24) is 0 Å². The van der Waals surface area contributed by atoms with E-state index < -0.39 is 5.97 Å². The molecule has 0 radical (unpaired) electrons. The maximum atomic E-state index is 11.7. The fourth-order valence-electron chi connectivity index (χ4n) is 3.15. The van der Waals surface area contributed by atoms with Gasteiger partial charge in [0, 0.05) is 17.9 Å². The molecule has 0 amide bonds. The summed E-state index contributed by atoms with van der Waals surface area (Å²) in [7, 11) is 0. The van der Waals surface area contributed by atoms with Crippen molar-refractivity contribution >= 4 is 23.2 Å². The van der Waals surface area contributed by atoms with Crippen LogP contribution in [0, 0.1) is 19.3 Å². The maximum absolute atomic E-state index is 11.7. The van der Waals surface area contributed by atoms with E-state index in [1.54, 1.807) is 0 Å². The molecule has 0 saturated heterocycles. The zero-order valence-electron chi connectivity index (χ0n) is 15.9. The average Bonchev–Trinajstić information content (AvgIpc) is 2.49. The van der Waals surface area contributed by atoms with Crippen LogP contribution >= 0.6 is 0 Å². The average molecular weight is 342 g/mol. The lowest BCUT2D eigenvalue weighted by atomic mass is 9.85. The first-order chi connectivity index (χ1) is 11.7. The van der Waals surface area contributed by atoms with Gasteiger partial charge >= 0.3 is 5.97 Å². The van der Waals surface area contributed by atoms with Crippen LogP contribution in [-0.2, 0) is 16.0 Å². The molecule has 2 rings (SSSR count). The Balaban J connectivity index is 2.81. The van der Waals surface area contributed by atoms with E-state index in [0.717, 1.165) is 40.3 Å². The summed E-state index contributed by atoms with van der Waals surface area (Å²) in [6.45, 7) is 12.3. The first-order valence-electron chi connectivity index (χ1n) is 8.49. The molecule has 134 valence electrons. The smallest absolute Gasteiger partial charge is 0.308 e. The Labute approximate surface area is 149 Å². The highest BCUT2D eigenvalue weighted by Gasteiger charge is 2.23. The molecule has 0 aromatic heterocycles. The Hall–Kier alpha value is -2.36. The minimum absolute atomic E-state index is 0.131. The Morgan fingerprint density at radius 1 is 1.16 bits per heavy atom. The van der Waals surface area contributed by atoms with Gasteiger partial charge in [-0.05, 0) is 48.6 Å². The Bertz CT molecular complexity index is 813. The zero-order valence-corrected chi connectivity index (χ0v) is 15.9. The molecule has 0 aliphatic heterocycles. The fraction of sp³-hybridized carbons (Fsp3) is 0.429. The first-order valence-corrected chi connectivity index (χ1v) is 8.49. The molecule has 0 heterocycles. The third kappa shape index (κ3) is 4.19. The molecule has 0 atom stereocenters. The van der Waals surface area contributed by atoms with Gasteiger partial charge in [-0.25, -0.2) is 0 Å². The number of esters is 1. The number of ether oxygens (including phenoxy) is 2. The molecule has 0 aliphatic carbocycles. The molecule has 25 heavy (non-hydrogen) atoms.